The summed E-state index contributed by atoms with van der Waals surface area (Å²) in [5.74, 6) is -1.39. The van der Waals surface area contributed by atoms with Crippen molar-refractivity contribution in [3.63, 3.8) is 0 Å². The lowest BCUT2D eigenvalue weighted by Gasteiger charge is -2.13. The van der Waals surface area contributed by atoms with Crippen molar-refractivity contribution in [1.82, 2.24) is 4.90 Å². The first-order chi connectivity index (χ1) is 18.0. The van der Waals surface area contributed by atoms with E-state index >= 15 is 0 Å². The van der Waals surface area contributed by atoms with Crippen molar-refractivity contribution in [1.29, 1.82) is 0 Å². The van der Waals surface area contributed by atoms with Crippen LogP contribution in [-0.2, 0) is 0 Å². The Morgan fingerprint density at radius 2 is 1.30 bits per heavy atom. The van der Waals surface area contributed by atoms with Crippen molar-refractivity contribution in [2.45, 2.75) is 19.0 Å². The van der Waals surface area contributed by atoms with E-state index in [1.807, 2.05) is 55.5 Å². The maximum absolute atomic E-state index is 13.7. The second kappa shape index (κ2) is 8.68. The maximum Gasteiger partial charge on any atom is 0.266 e. The minimum atomic E-state index is -0.646. The molecular weight excluding hydrogens is 464 g/mol. The van der Waals surface area contributed by atoms with E-state index < -0.39 is 23.9 Å². The van der Waals surface area contributed by atoms with Gasteiger partial charge in [-0.2, -0.15) is 0 Å². The molecule has 0 aliphatic carbocycles. The minimum Gasteiger partial charge on any atom is -0.316 e. The molecule has 0 unspecified atom stereocenters. The second-order valence-electron chi connectivity index (χ2n) is 9.28. The van der Waals surface area contributed by atoms with Crippen molar-refractivity contribution in [3.8, 4) is 0 Å². The number of hydrogen-bond acceptors (Lipinski definition) is 4. The number of ketones is 1. The average Bonchev–Trinajstić information content (AvgIpc) is 3.64. The van der Waals surface area contributed by atoms with E-state index in [0.29, 0.717) is 11.3 Å². The highest BCUT2D eigenvalue weighted by atomic mass is 16.2. The first kappa shape index (κ1) is 22.6. The Kier molecular flexibility index (Phi) is 5.30. The van der Waals surface area contributed by atoms with Crippen LogP contribution in [0.3, 0.4) is 0 Å². The number of benzene rings is 4. The zero-order valence-electron chi connectivity index (χ0n) is 20.0. The van der Waals surface area contributed by atoms with Gasteiger partial charge in [0.1, 0.15) is 6.04 Å². The molecule has 6 rings (SSSR count). The number of rotatable bonds is 5. The number of anilines is 1. The van der Waals surface area contributed by atoms with Crippen molar-refractivity contribution < 1.29 is 19.2 Å². The first-order valence-corrected chi connectivity index (χ1v) is 12.0. The molecule has 6 nitrogen and oxygen atoms in total. The normalized spacial score (nSPS) is 18.1. The van der Waals surface area contributed by atoms with E-state index in [1.54, 1.807) is 47.4 Å². The molecule has 4 aromatic carbocycles. The van der Waals surface area contributed by atoms with Crippen molar-refractivity contribution in [2.75, 3.05) is 4.90 Å². The average molecular weight is 487 g/mol. The highest BCUT2D eigenvalue weighted by Crippen LogP contribution is 2.46. The molecule has 180 valence electrons. The molecule has 4 aromatic rings. The van der Waals surface area contributed by atoms with Crippen LogP contribution in [0.2, 0.25) is 0 Å². The Morgan fingerprint density at radius 3 is 1.97 bits per heavy atom. The smallest absolute Gasteiger partial charge is 0.266 e. The van der Waals surface area contributed by atoms with Crippen LogP contribution < -0.4 is 4.90 Å². The van der Waals surface area contributed by atoms with Crippen LogP contribution >= 0.6 is 0 Å². The lowest BCUT2D eigenvalue weighted by Crippen LogP contribution is -2.29. The first-order valence-electron chi connectivity index (χ1n) is 12.0. The van der Waals surface area contributed by atoms with Crippen LogP contribution in [0.4, 0.5) is 5.69 Å². The fourth-order valence-corrected chi connectivity index (χ4v) is 4.97. The molecule has 0 saturated carbocycles. The molecule has 1 fully saturated rings. The van der Waals surface area contributed by atoms with E-state index in [1.165, 1.54) is 12.1 Å². The SMILES string of the molecule is Cc1ccc(N2C(=O)c3ccc(C(=O)N4[C@H](C(=O)c5ccccc5)[C@@H]4c4ccccc4)cc3C2=O)cc1. The summed E-state index contributed by atoms with van der Waals surface area (Å²) in [5, 5.41) is 0. The minimum absolute atomic E-state index is 0.138. The number of fused-ring (bicyclic) bond motifs is 1. The standard InChI is InChI=1S/C31H22N2O4/c1-19-12-15-23(16-13-19)32-30(36)24-17-14-22(18-25(24)31(32)37)29(35)33-26(20-8-4-2-5-9-20)27(33)28(34)21-10-6-3-7-11-21/h2-18,26-27H,1H3/t26-,27-,33?/m0/s1. The monoisotopic (exact) mass is 486 g/mol. The van der Waals surface area contributed by atoms with Gasteiger partial charge in [-0.1, -0.05) is 78.4 Å². The largest absolute Gasteiger partial charge is 0.316 e. The van der Waals surface area contributed by atoms with Gasteiger partial charge in [0.05, 0.1) is 22.9 Å². The van der Waals surface area contributed by atoms with Gasteiger partial charge in [0.25, 0.3) is 17.7 Å². The number of amides is 3. The van der Waals surface area contributed by atoms with E-state index in [4.69, 9.17) is 0 Å². The van der Waals surface area contributed by atoms with Crippen LogP contribution in [0.15, 0.2) is 103 Å². The number of Topliss-reactive ketones (excluding diaryl/α,β-unsaturated/α-hetero) is 1. The predicted molar refractivity (Wildman–Crippen MR) is 139 cm³/mol. The lowest BCUT2D eigenvalue weighted by molar-refractivity contribution is 0.0833. The Balaban J connectivity index is 1.33. The zero-order chi connectivity index (χ0) is 25.7. The molecule has 3 amide bonds. The molecule has 2 aliphatic heterocycles. The molecule has 0 radical (unpaired) electrons. The third-order valence-corrected chi connectivity index (χ3v) is 6.94. The molecule has 2 heterocycles. The van der Waals surface area contributed by atoms with Crippen molar-refractivity contribution in [3.05, 3.63) is 137 Å². The third-order valence-electron chi connectivity index (χ3n) is 6.94. The number of hydrogen-bond donors (Lipinski definition) is 0. The topological polar surface area (TPSA) is 74.5 Å². The second-order valence-corrected chi connectivity index (χ2v) is 9.28. The molecule has 6 heteroatoms. The Bertz CT molecular complexity index is 1560. The lowest BCUT2D eigenvalue weighted by atomic mass is 10.0. The fraction of sp³-hybridized carbons (Fsp3) is 0.0968. The Hall–Kier alpha value is -4.84. The van der Waals surface area contributed by atoms with Crippen LogP contribution in [0.1, 0.15) is 58.6 Å². The van der Waals surface area contributed by atoms with Gasteiger partial charge >= 0.3 is 0 Å². The molecule has 0 aromatic heterocycles. The molecule has 0 spiro atoms. The summed E-state index contributed by atoms with van der Waals surface area (Å²) < 4.78 is 0. The van der Waals surface area contributed by atoms with E-state index in [0.717, 1.165) is 16.0 Å². The van der Waals surface area contributed by atoms with Crippen LogP contribution in [0.25, 0.3) is 0 Å². The summed E-state index contributed by atoms with van der Waals surface area (Å²) in [7, 11) is 0. The van der Waals surface area contributed by atoms with Crippen molar-refractivity contribution in [2.24, 2.45) is 0 Å². The summed E-state index contributed by atoms with van der Waals surface area (Å²) >= 11 is 0. The molecule has 1 saturated heterocycles. The van der Waals surface area contributed by atoms with Gasteiger partial charge in [-0.3, -0.25) is 19.2 Å². The summed E-state index contributed by atoms with van der Waals surface area (Å²) in [6.45, 7) is 1.93. The number of imide groups is 1. The van der Waals surface area contributed by atoms with Crippen LogP contribution in [0, 0.1) is 6.92 Å². The summed E-state index contributed by atoms with van der Waals surface area (Å²) in [6.07, 6.45) is 0. The van der Waals surface area contributed by atoms with Crippen LogP contribution in [-0.4, -0.2) is 34.4 Å². The number of carbonyl (C=O) groups is 4. The van der Waals surface area contributed by atoms with Gasteiger partial charge in [0.15, 0.2) is 5.78 Å². The number of nitrogens with zero attached hydrogens (tertiary/aromatic N) is 2. The summed E-state index contributed by atoms with van der Waals surface area (Å²) in [6, 6.07) is 28.9. The Labute approximate surface area is 213 Å². The Morgan fingerprint density at radius 1 is 0.676 bits per heavy atom. The maximum atomic E-state index is 13.7. The van der Waals surface area contributed by atoms with E-state index in [-0.39, 0.29) is 28.4 Å². The van der Waals surface area contributed by atoms with Gasteiger partial charge in [-0.15, -0.1) is 0 Å². The molecule has 2 aliphatic rings. The molecule has 37 heavy (non-hydrogen) atoms. The summed E-state index contributed by atoms with van der Waals surface area (Å²) in [5.41, 5.74) is 3.59. The van der Waals surface area contributed by atoms with Gasteiger partial charge in [-0.25, -0.2) is 4.90 Å². The van der Waals surface area contributed by atoms with Crippen molar-refractivity contribution >= 4 is 29.2 Å². The van der Waals surface area contributed by atoms with Gasteiger partial charge in [0, 0.05) is 11.1 Å². The molecule has 0 N–H and O–H groups in total. The van der Waals surface area contributed by atoms with Gasteiger partial charge in [0.2, 0.25) is 0 Å². The van der Waals surface area contributed by atoms with E-state index in [2.05, 4.69) is 0 Å². The third kappa shape index (κ3) is 3.74. The fourth-order valence-electron chi connectivity index (χ4n) is 4.97. The zero-order valence-corrected chi connectivity index (χ0v) is 20.0. The van der Waals surface area contributed by atoms with E-state index in [9.17, 15) is 19.2 Å². The highest BCUT2D eigenvalue weighted by Gasteiger charge is 2.56. The number of aryl methyl sites for hydroxylation is 1. The highest BCUT2D eigenvalue weighted by molar-refractivity contribution is 6.34. The number of carbonyl (C=O) groups excluding carboxylic acids is 4. The molecule has 0 bridgehead atoms. The molecule has 2 atom stereocenters. The van der Waals surface area contributed by atoms with Crippen LogP contribution in [0.5, 0.6) is 0 Å². The molecular formula is C31H22N2O4. The summed E-state index contributed by atoms with van der Waals surface area (Å²) in [4.78, 5) is 55.9. The van der Waals surface area contributed by atoms with Gasteiger partial charge < -0.3 is 4.90 Å². The van der Waals surface area contributed by atoms with Gasteiger partial charge in [-0.05, 0) is 42.8 Å². The quantitative estimate of drug-likeness (QED) is 0.220. The predicted octanol–water partition coefficient (Wildman–Crippen LogP) is 5.24.